The molecule has 0 fully saturated rings. The minimum Gasteiger partial charge on any atom is -0.388 e. The number of benzene rings is 1. The summed E-state index contributed by atoms with van der Waals surface area (Å²) in [5, 5.41) is 10.7. The van der Waals surface area contributed by atoms with E-state index in [1.54, 1.807) is 24.3 Å². The maximum Gasteiger partial charge on any atom is 0.129 e. The van der Waals surface area contributed by atoms with Crippen molar-refractivity contribution in [3.63, 3.8) is 0 Å². The second-order valence-electron chi connectivity index (χ2n) is 3.87. The van der Waals surface area contributed by atoms with Crippen LogP contribution in [0.3, 0.4) is 0 Å². The van der Waals surface area contributed by atoms with Crippen molar-refractivity contribution in [1.82, 2.24) is 4.98 Å². The Hall–Kier alpha value is -1.16. The summed E-state index contributed by atoms with van der Waals surface area (Å²) in [7, 11) is 0. The quantitative estimate of drug-likeness (QED) is 0.870. The highest BCUT2D eigenvalue weighted by atomic mass is 35.5. The van der Waals surface area contributed by atoms with E-state index in [0.717, 1.165) is 0 Å². The molecular weight excluding hydrogens is 276 g/mol. The lowest BCUT2D eigenvalue weighted by molar-refractivity contribution is 0.176. The number of nitrogens with zero attached hydrogens (tertiary/aromatic N) is 1. The summed E-state index contributed by atoms with van der Waals surface area (Å²) in [4.78, 5) is 3.87. The molecule has 1 N–H and O–H groups in total. The van der Waals surface area contributed by atoms with Gasteiger partial charge >= 0.3 is 0 Å². The third-order valence-electron chi connectivity index (χ3n) is 2.56. The first kappa shape index (κ1) is 13.3. The third-order valence-corrected chi connectivity index (χ3v) is 3.02. The summed E-state index contributed by atoms with van der Waals surface area (Å²) in [6.45, 7) is 0. The zero-order chi connectivity index (χ0) is 13.1. The van der Waals surface area contributed by atoms with E-state index < -0.39 is 11.9 Å². The molecule has 0 aliphatic heterocycles. The van der Waals surface area contributed by atoms with Crippen molar-refractivity contribution in [3.05, 3.63) is 63.6 Å². The Balaban J connectivity index is 2.15. The minimum absolute atomic E-state index is 0.159. The first-order valence-electron chi connectivity index (χ1n) is 5.29. The van der Waals surface area contributed by atoms with Crippen molar-refractivity contribution >= 4 is 23.2 Å². The summed E-state index contributed by atoms with van der Waals surface area (Å²) in [5.74, 6) is -0.427. The number of hydrogen-bond donors (Lipinski definition) is 1. The Morgan fingerprint density at radius 1 is 1.22 bits per heavy atom. The molecule has 1 unspecified atom stereocenters. The van der Waals surface area contributed by atoms with Gasteiger partial charge in [-0.15, -0.1) is 0 Å². The molecule has 1 atom stereocenters. The van der Waals surface area contributed by atoms with E-state index in [9.17, 15) is 9.50 Å². The van der Waals surface area contributed by atoms with Gasteiger partial charge in [0.05, 0.1) is 6.10 Å². The normalized spacial score (nSPS) is 12.4. The van der Waals surface area contributed by atoms with Gasteiger partial charge < -0.3 is 5.11 Å². The first-order chi connectivity index (χ1) is 8.56. The molecule has 0 aliphatic rings. The molecule has 0 bridgehead atoms. The predicted octanol–water partition coefficient (Wildman–Crippen LogP) is 3.80. The average molecular weight is 286 g/mol. The fourth-order valence-electron chi connectivity index (χ4n) is 1.60. The number of hydrogen-bond acceptors (Lipinski definition) is 2. The molecule has 1 heterocycles. The molecule has 0 spiro atoms. The van der Waals surface area contributed by atoms with Crippen molar-refractivity contribution in [2.45, 2.75) is 12.5 Å². The largest absolute Gasteiger partial charge is 0.388 e. The van der Waals surface area contributed by atoms with Crippen molar-refractivity contribution in [2.24, 2.45) is 0 Å². The van der Waals surface area contributed by atoms with Crippen LogP contribution < -0.4 is 0 Å². The van der Waals surface area contributed by atoms with Gasteiger partial charge in [0.15, 0.2) is 0 Å². The van der Waals surface area contributed by atoms with Crippen LogP contribution in [-0.2, 0) is 6.42 Å². The van der Waals surface area contributed by atoms with Gasteiger partial charge in [-0.25, -0.2) is 9.37 Å². The van der Waals surface area contributed by atoms with Gasteiger partial charge in [-0.1, -0.05) is 35.3 Å². The SMILES string of the molecule is OC(Cc1ccc(Cl)cc1F)c1ccc(Cl)nc1. The molecule has 1 aromatic heterocycles. The van der Waals surface area contributed by atoms with Crippen LogP contribution in [0.5, 0.6) is 0 Å². The Bertz CT molecular complexity index is 545. The summed E-state index contributed by atoms with van der Waals surface area (Å²) in [6, 6.07) is 7.62. The summed E-state index contributed by atoms with van der Waals surface area (Å²) in [5.41, 5.74) is 0.996. The lowest BCUT2D eigenvalue weighted by Gasteiger charge is -2.11. The molecule has 18 heavy (non-hydrogen) atoms. The van der Waals surface area contributed by atoms with Crippen LogP contribution in [0.25, 0.3) is 0 Å². The zero-order valence-corrected chi connectivity index (χ0v) is 10.8. The molecule has 5 heteroatoms. The third kappa shape index (κ3) is 3.19. The number of halogens is 3. The number of aromatic nitrogens is 1. The van der Waals surface area contributed by atoms with E-state index in [4.69, 9.17) is 23.2 Å². The van der Waals surface area contributed by atoms with Gasteiger partial charge in [0.2, 0.25) is 0 Å². The highest BCUT2D eigenvalue weighted by Gasteiger charge is 2.12. The Morgan fingerprint density at radius 3 is 2.61 bits per heavy atom. The maximum atomic E-state index is 13.6. The summed E-state index contributed by atoms with van der Waals surface area (Å²) in [6.07, 6.45) is 0.804. The standard InChI is InChI=1S/C13H10Cl2FNO/c14-10-3-1-8(11(16)6-10)5-12(18)9-2-4-13(15)17-7-9/h1-4,6-7,12,18H,5H2. The lowest BCUT2D eigenvalue weighted by Crippen LogP contribution is -2.04. The van der Waals surface area contributed by atoms with Crippen molar-refractivity contribution in [1.29, 1.82) is 0 Å². The Labute approximate surface area is 114 Å². The van der Waals surface area contributed by atoms with Gasteiger partial charge in [-0.3, -0.25) is 0 Å². The topological polar surface area (TPSA) is 33.1 Å². The van der Waals surface area contributed by atoms with Crippen LogP contribution in [0.2, 0.25) is 10.2 Å². The van der Waals surface area contributed by atoms with Gasteiger partial charge in [-0.2, -0.15) is 0 Å². The van der Waals surface area contributed by atoms with Crippen LogP contribution in [0.4, 0.5) is 4.39 Å². The zero-order valence-electron chi connectivity index (χ0n) is 9.28. The van der Waals surface area contributed by atoms with Crippen LogP contribution in [0.15, 0.2) is 36.5 Å². The van der Waals surface area contributed by atoms with E-state index in [2.05, 4.69) is 4.98 Å². The fraction of sp³-hybridized carbons (Fsp3) is 0.154. The average Bonchev–Trinajstić information content (AvgIpc) is 2.33. The van der Waals surface area contributed by atoms with Gasteiger partial charge in [-0.05, 0) is 29.3 Å². The highest BCUT2D eigenvalue weighted by molar-refractivity contribution is 6.30. The predicted molar refractivity (Wildman–Crippen MR) is 69.3 cm³/mol. The molecule has 0 saturated carbocycles. The number of rotatable bonds is 3. The monoisotopic (exact) mass is 285 g/mol. The molecule has 2 rings (SSSR count). The lowest BCUT2D eigenvalue weighted by atomic mass is 10.0. The highest BCUT2D eigenvalue weighted by Crippen LogP contribution is 2.22. The molecule has 2 aromatic rings. The number of aliphatic hydroxyl groups is 1. The number of pyridine rings is 1. The minimum atomic E-state index is -0.828. The fourth-order valence-corrected chi connectivity index (χ4v) is 1.87. The molecule has 0 amide bonds. The van der Waals surface area contributed by atoms with E-state index in [-0.39, 0.29) is 6.42 Å². The van der Waals surface area contributed by atoms with E-state index >= 15 is 0 Å². The molecule has 0 aliphatic carbocycles. The Kier molecular flexibility index (Phi) is 4.17. The van der Waals surface area contributed by atoms with Gasteiger partial charge in [0.1, 0.15) is 11.0 Å². The van der Waals surface area contributed by atoms with E-state index in [1.165, 1.54) is 12.3 Å². The molecule has 1 aromatic carbocycles. The maximum absolute atomic E-state index is 13.6. The second kappa shape index (κ2) is 5.65. The van der Waals surface area contributed by atoms with Gasteiger partial charge in [0, 0.05) is 17.6 Å². The van der Waals surface area contributed by atoms with Crippen LogP contribution in [-0.4, -0.2) is 10.1 Å². The number of aliphatic hydroxyl groups excluding tert-OH is 1. The van der Waals surface area contributed by atoms with E-state index in [0.29, 0.717) is 21.3 Å². The first-order valence-corrected chi connectivity index (χ1v) is 6.05. The van der Waals surface area contributed by atoms with Crippen molar-refractivity contribution < 1.29 is 9.50 Å². The van der Waals surface area contributed by atoms with Crippen LogP contribution in [0.1, 0.15) is 17.2 Å². The molecule has 0 saturated heterocycles. The molecule has 2 nitrogen and oxygen atoms in total. The smallest absolute Gasteiger partial charge is 0.129 e. The second-order valence-corrected chi connectivity index (χ2v) is 4.69. The van der Waals surface area contributed by atoms with Gasteiger partial charge in [0.25, 0.3) is 0 Å². The molecule has 94 valence electrons. The summed E-state index contributed by atoms with van der Waals surface area (Å²) < 4.78 is 13.6. The summed E-state index contributed by atoms with van der Waals surface area (Å²) >= 11 is 11.3. The van der Waals surface area contributed by atoms with E-state index in [1.807, 2.05) is 0 Å². The molecular formula is C13H10Cl2FNO. The van der Waals surface area contributed by atoms with Crippen LogP contribution >= 0.6 is 23.2 Å². The molecule has 0 radical (unpaired) electrons. The Morgan fingerprint density at radius 2 is 2.00 bits per heavy atom. The van der Waals surface area contributed by atoms with Crippen LogP contribution in [0, 0.1) is 5.82 Å². The van der Waals surface area contributed by atoms with Crippen molar-refractivity contribution in [2.75, 3.05) is 0 Å². The van der Waals surface area contributed by atoms with Crippen molar-refractivity contribution in [3.8, 4) is 0 Å².